The van der Waals surface area contributed by atoms with E-state index in [9.17, 15) is 27.6 Å². The normalized spacial score (nSPS) is 26.2. The lowest BCUT2D eigenvalue weighted by Crippen LogP contribution is -2.52. The van der Waals surface area contributed by atoms with Crippen molar-refractivity contribution in [3.05, 3.63) is 57.8 Å². The lowest BCUT2D eigenvalue weighted by Gasteiger charge is -2.29. The molecule has 3 amide bonds. The van der Waals surface area contributed by atoms with Gasteiger partial charge in [0.1, 0.15) is 23.6 Å². The fourth-order valence-electron chi connectivity index (χ4n) is 8.13. The summed E-state index contributed by atoms with van der Waals surface area (Å²) >= 11 is 1.34. The first-order chi connectivity index (χ1) is 27.2. The van der Waals surface area contributed by atoms with Crippen molar-refractivity contribution in [3.63, 3.8) is 0 Å². The van der Waals surface area contributed by atoms with Crippen LogP contribution in [0, 0.1) is 25.2 Å². The van der Waals surface area contributed by atoms with Gasteiger partial charge in [-0.1, -0.05) is 25.0 Å². The van der Waals surface area contributed by atoms with Crippen molar-refractivity contribution >= 4 is 55.8 Å². The summed E-state index contributed by atoms with van der Waals surface area (Å²) < 4.78 is 46.5. The van der Waals surface area contributed by atoms with Gasteiger partial charge in [-0.25, -0.2) is 13.4 Å². The van der Waals surface area contributed by atoms with Crippen molar-refractivity contribution in [2.24, 2.45) is 11.3 Å². The summed E-state index contributed by atoms with van der Waals surface area (Å²) in [5.41, 5.74) is 0.156. The summed E-state index contributed by atoms with van der Waals surface area (Å²) in [4.78, 5) is 64.5. The summed E-state index contributed by atoms with van der Waals surface area (Å²) in [5, 5.41) is 3.08. The van der Waals surface area contributed by atoms with Gasteiger partial charge in [0.2, 0.25) is 27.7 Å². The number of ether oxygens (including phenoxy) is 3. The van der Waals surface area contributed by atoms with E-state index < -0.39 is 50.7 Å². The van der Waals surface area contributed by atoms with Crippen LogP contribution in [0.5, 0.6) is 17.4 Å². The number of nitrogens with one attached hydrogen (secondary N) is 2. The molecule has 7 rings (SSSR count). The second-order valence-corrected chi connectivity index (χ2v) is 19.4. The minimum atomic E-state index is -3.86. The van der Waals surface area contributed by atoms with Gasteiger partial charge < -0.3 is 24.4 Å². The molecule has 2 N–H and O–H groups in total. The Morgan fingerprint density at radius 1 is 1.04 bits per heavy atom. The molecule has 2 aromatic heterocycles. The number of pyridine rings is 1. The van der Waals surface area contributed by atoms with Crippen LogP contribution >= 0.6 is 11.3 Å². The molecule has 0 unspecified atom stereocenters. The van der Waals surface area contributed by atoms with E-state index in [0.717, 1.165) is 29.7 Å². The third-order valence-electron chi connectivity index (χ3n) is 11.5. The second-order valence-electron chi connectivity index (χ2n) is 16.2. The molecule has 13 nitrogen and oxygen atoms in total. The Balaban J connectivity index is 1.23. The van der Waals surface area contributed by atoms with Crippen LogP contribution in [-0.2, 0) is 24.4 Å². The Labute approximate surface area is 338 Å². The van der Waals surface area contributed by atoms with E-state index in [1.807, 2.05) is 58.0 Å². The van der Waals surface area contributed by atoms with Crippen LogP contribution in [0.4, 0.5) is 0 Å². The Morgan fingerprint density at radius 3 is 2.53 bits per heavy atom. The predicted octanol–water partition coefficient (Wildman–Crippen LogP) is 5.95. The molecule has 1 aromatic carbocycles. The molecule has 3 aromatic rings. The molecule has 2 aliphatic carbocycles. The van der Waals surface area contributed by atoms with Crippen molar-refractivity contribution in [2.75, 3.05) is 13.7 Å². The van der Waals surface area contributed by atoms with Crippen LogP contribution < -0.4 is 24.2 Å². The average molecular weight is 821 g/mol. The van der Waals surface area contributed by atoms with Crippen LogP contribution in [0.2, 0.25) is 0 Å². The smallest absolute Gasteiger partial charge is 0.262 e. The SMILES string of the molecule is COc1ccc2c(O[C@@H]3C[C@H]4C(=O)C[C@]5(C(=O)NS(=O)(=O)C6CC6)C[C@@H]5/C=C\CCCCC[C@H](NC(=O)c5ccc(C)s5)C(=O)N4C3)cc(OC(C)C)nc2c1C. The number of carbonyl (C=O) groups is 4. The molecule has 57 heavy (non-hydrogen) atoms. The minimum Gasteiger partial charge on any atom is -0.496 e. The molecule has 0 radical (unpaired) electrons. The van der Waals surface area contributed by atoms with Crippen molar-refractivity contribution in [2.45, 2.75) is 121 Å². The third kappa shape index (κ3) is 8.84. The number of Topliss-reactive ketones (excluding diaryl/α,β-unsaturated/α-hetero) is 1. The Kier molecular flexibility index (Phi) is 11.7. The number of hydrogen-bond donors (Lipinski definition) is 2. The monoisotopic (exact) mass is 820 g/mol. The number of methoxy groups -OCH3 is 1. The summed E-state index contributed by atoms with van der Waals surface area (Å²) in [5.74, 6) is -0.661. The van der Waals surface area contributed by atoms with Gasteiger partial charge in [0, 0.05) is 34.7 Å². The number of aryl methyl sites for hydroxylation is 2. The fraction of sp³-hybridized carbons (Fsp3) is 0.548. The number of carbonyl (C=O) groups excluding carboxylic acids is 4. The van der Waals surface area contributed by atoms with Gasteiger partial charge in [0.05, 0.1) is 46.9 Å². The number of ketones is 1. The summed E-state index contributed by atoms with van der Waals surface area (Å²) in [6.45, 7) is 7.64. The lowest BCUT2D eigenvalue weighted by atomic mass is 9.91. The van der Waals surface area contributed by atoms with E-state index in [1.54, 1.807) is 19.2 Å². The molecule has 15 heteroatoms. The Hall–Kier alpha value is -4.50. The van der Waals surface area contributed by atoms with E-state index >= 15 is 0 Å². The van der Waals surface area contributed by atoms with Gasteiger partial charge in [-0.3, -0.25) is 23.9 Å². The fourth-order valence-corrected chi connectivity index (χ4v) is 10.3. The number of hydrogen-bond acceptors (Lipinski definition) is 11. The molecule has 306 valence electrons. The molecular weight excluding hydrogens is 769 g/mol. The minimum absolute atomic E-state index is 0.0393. The van der Waals surface area contributed by atoms with E-state index in [2.05, 4.69) is 10.0 Å². The van der Waals surface area contributed by atoms with Crippen LogP contribution in [0.25, 0.3) is 10.9 Å². The van der Waals surface area contributed by atoms with Crippen molar-refractivity contribution in [1.29, 1.82) is 0 Å². The number of sulfonamides is 1. The maximum Gasteiger partial charge on any atom is 0.262 e. The zero-order valence-electron chi connectivity index (χ0n) is 33.2. The molecule has 1 saturated heterocycles. The molecule has 4 aliphatic rings. The van der Waals surface area contributed by atoms with E-state index in [1.165, 1.54) is 16.2 Å². The molecule has 5 atom stereocenters. The largest absolute Gasteiger partial charge is 0.496 e. The molecular formula is C42H52N4O9S2. The predicted molar refractivity (Wildman–Crippen MR) is 216 cm³/mol. The second kappa shape index (κ2) is 16.4. The van der Waals surface area contributed by atoms with E-state index in [0.29, 0.717) is 65.3 Å². The number of amides is 3. The maximum absolute atomic E-state index is 14.8. The van der Waals surface area contributed by atoms with E-state index in [4.69, 9.17) is 19.2 Å². The summed E-state index contributed by atoms with van der Waals surface area (Å²) in [6.07, 6.45) is 7.69. The molecule has 2 aliphatic heterocycles. The third-order valence-corrected chi connectivity index (χ3v) is 14.3. The quantitative estimate of drug-likeness (QED) is 0.233. The highest BCUT2D eigenvalue weighted by Gasteiger charge is 2.61. The summed E-state index contributed by atoms with van der Waals surface area (Å²) in [6, 6.07) is 7.08. The van der Waals surface area contributed by atoms with Gasteiger partial charge in [-0.05, 0) is 96.4 Å². The summed E-state index contributed by atoms with van der Waals surface area (Å²) in [7, 11) is -2.27. The van der Waals surface area contributed by atoms with Gasteiger partial charge in [-0.2, -0.15) is 0 Å². The number of aromatic nitrogens is 1. The highest BCUT2D eigenvalue weighted by atomic mass is 32.2. The topological polar surface area (TPSA) is 170 Å². The number of nitrogens with zero attached hydrogens (tertiary/aromatic N) is 2. The van der Waals surface area contributed by atoms with Crippen molar-refractivity contribution in [1.82, 2.24) is 19.9 Å². The van der Waals surface area contributed by atoms with Crippen LogP contribution in [0.1, 0.15) is 98.2 Å². The molecule has 3 fully saturated rings. The standard InChI is InChI=1S/C42H52N4O9S2/c1-24(2)54-37-20-35(30-16-17-34(53-5)26(4)38(30)44-37)55-28-19-32-33(47)22-42(41(50)45-57(51,52)29-14-15-29)21-27(42)11-9-7-6-8-10-12-31(40(49)46(32)23-28)43-39(48)36-18-13-25(3)56-36/h9,11,13,16-18,20,24,27-29,31-32H,6-8,10,12,14-15,19,21-23H2,1-5H3,(H,43,48)(H,45,50)/b11-9-/t27-,28+,31-,32-,42+/m0/s1. The highest BCUT2D eigenvalue weighted by Crippen LogP contribution is 2.57. The molecule has 4 heterocycles. The average Bonchev–Trinajstić information content (AvgIpc) is 4.05. The number of benzene rings is 1. The molecule has 0 bridgehead atoms. The van der Waals surface area contributed by atoms with Crippen LogP contribution in [0.3, 0.4) is 0 Å². The first-order valence-electron chi connectivity index (χ1n) is 19.9. The zero-order valence-corrected chi connectivity index (χ0v) is 34.8. The Morgan fingerprint density at radius 2 is 1.82 bits per heavy atom. The Bertz CT molecular complexity index is 2200. The molecule has 2 saturated carbocycles. The number of thiophene rings is 1. The van der Waals surface area contributed by atoms with Crippen LogP contribution in [0.15, 0.2) is 42.5 Å². The van der Waals surface area contributed by atoms with Crippen LogP contribution in [-0.4, -0.2) is 85.0 Å². The van der Waals surface area contributed by atoms with Gasteiger partial charge in [0.25, 0.3) is 5.91 Å². The van der Waals surface area contributed by atoms with Gasteiger partial charge in [0.15, 0.2) is 5.78 Å². The van der Waals surface area contributed by atoms with Crippen molar-refractivity contribution < 1.29 is 41.8 Å². The zero-order chi connectivity index (χ0) is 40.6. The lowest BCUT2D eigenvalue weighted by molar-refractivity contribution is -0.140. The highest BCUT2D eigenvalue weighted by molar-refractivity contribution is 7.90. The number of fused-ring (bicyclic) bond motifs is 3. The number of rotatable bonds is 10. The van der Waals surface area contributed by atoms with Gasteiger partial charge >= 0.3 is 0 Å². The van der Waals surface area contributed by atoms with Crippen molar-refractivity contribution in [3.8, 4) is 17.4 Å². The number of allylic oxidation sites excluding steroid dienone is 2. The van der Waals surface area contributed by atoms with Gasteiger partial charge in [-0.15, -0.1) is 11.3 Å². The first kappa shape index (κ1) is 40.7. The maximum atomic E-state index is 14.8. The first-order valence-corrected chi connectivity index (χ1v) is 22.3. The molecule has 0 spiro atoms. The van der Waals surface area contributed by atoms with E-state index in [-0.39, 0.29) is 43.1 Å².